The van der Waals surface area contributed by atoms with Crippen LogP contribution < -0.4 is 10.1 Å². The van der Waals surface area contributed by atoms with Crippen LogP contribution in [0.3, 0.4) is 0 Å². The minimum absolute atomic E-state index is 0.222. The smallest absolute Gasteiger partial charge is 0.165 e. The van der Waals surface area contributed by atoms with E-state index in [9.17, 15) is 4.39 Å². The minimum Gasteiger partial charge on any atom is -0.484 e. The van der Waals surface area contributed by atoms with Gasteiger partial charge in [-0.05, 0) is 42.8 Å². The van der Waals surface area contributed by atoms with Crippen molar-refractivity contribution in [3.05, 3.63) is 58.1 Å². The maximum absolute atomic E-state index is 13.5. The van der Waals surface area contributed by atoms with E-state index in [2.05, 4.69) is 33.2 Å². The molecule has 5 heteroatoms. The van der Waals surface area contributed by atoms with Crippen LogP contribution in [0, 0.1) is 5.82 Å². The molecule has 0 aliphatic heterocycles. The molecule has 0 unspecified atom stereocenters. The lowest BCUT2D eigenvalue weighted by molar-refractivity contribution is 0.285. The SMILES string of the molecule is CCCNCc1ccc(COc2cc(Br)ccc2F)nc1. The van der Waals surface area contributed by atoms with Crippen LogP contribution >= 0.6 is 15.9 Å². The van der Waals surface area contributed by atoms with Gasteiger partial charge in [0.2, 0.25) is 0 Å². The van der Waals surface area contributed by atoms with E-state index in [4.69, 9.17) is 4.74 Å². The third-order valence-electron chi connectivity index (χ3n) is 2.91. The zero-order valence-corrected chi connectivity index (χ0v) is 13.5. The van der Waals surface area contributed by atoms with Gasteiger partial charge >= 0.3 is 0 Å². The number of rotatable bonds is 7. The summed E-state index contributed by atoms with van der Waals surface area (Å²) in [4.78, 5) is 4.33. The Kier molecular flexibility index (Phi) is 6.14. The van der Waals surface area contributed by atoms with Crippen molar-refractivity contribution in [2.24, 2.45) is 0 Å². The van der Waals surface area contributed by atoms with Crippen molar-refractivity contribution in [3.63, 3.8) is 0 Å². The van der Waals surface area contributed by atoms with Gasteiger partial charge in [0.1, 0.15) is 6.61 Å². The molecule has 0 saturated carbocycles. The second-order valence-corrected chi connectivity index (χ2v) is 5.61. The molecule has 0 aliphatic carbocycles. The molecule has 0 aliphatic rings. The standard InChI is InChI=1S/C16H18BrFN2O/c1-2-7-19-9-12-3-5-14(20-10-12)11-21-16-8-13(17)4-6-15(16)18/h3-6,8,10,19H,2,7,9,11H2,1H3. The molecule has 2 rings (SSSR count). The Bertz CT molecular complexity index is 575. The molecule has 1 heterocycles. The summed E-state index contributed by atoms with van der Waals surface area (Å²) >= 11 is 3.29. The second kappa shape index (κ2) is 8.10. The highest BCUT2D eigenvalue weighted by atomic mass is 79.9. The van der Waals surface area contributed by atoms with Crippen LogP contribution in [0.4, 0.5) is 4.39 Å². The van der Waals surface area contributed by atoms with Gasteiger partial charge in [0.15, 0.2) is 11.6 Å². The Morgan fingerprint density at radius 3 is 2.86 bits per heavy atom. The maximum atomic E-state index is 13.5. The minimum atomic E-state index is -0.376. The Morgan fingerprint density at radius 2 is 2.14 bits per heavy atom. The lowest BCUT2D eigenvalue weighted by Crippen LogP contribution is -2.14. The maximum Gasteiger partial charge on any atom is 0.165 e. The summed E-state index contributed by atoms with van der Waals surface area (Å²) in [6, 6.07) is 8.52. The molecule has 0 fully saturated rings. The quantitative estimate of drug-likeness (QED) is 0.763. The number of pyridine rings is 1. The number of halogens is 2. The average Bonchev–Trinajstić information content (AvgIpc) is 2.50. The monoisotopic (exact) mass is 352 g/mol. The average molecular weight is 353 g/mol. The summed E-state index contributed by atoms with van der Waals surface area (Å²) < 4.78 is 19.8. The van der Waals surface area contributed by atoms with E-state index >= 15 is 0 Å². The molecule has 1 N–H and O–H groups in total. The van der Waals surface area contributed by atoms with Gasteiger partial charge in [-0.2, -0.15) is 0 Å². The van der Waals surface area contributed by atoms with E-state index in [-0.39, 0.29) is 18.2 Å². The molecule has 0 radical (unpaired) electrons. The Hall–Kier alpha value is -1.46. The highest BCUT2D eigenvalue weighted by Crippen LogP contribution is 2.22. The van der Waals surface area contributed by atoms with Crippen molar-refractivity contribution >= 4 is 15.9 Å². The van der Waals surface area contributed by atoms with E-state index in [1.54, 1.807) is 12.1 Å². The fraction of sp³-hybridized carbons (Fsp3) is 0.312. The molecule has 21 heavy (non-hydrogen) atoms. The highest BCUT2D eigenvalue weighted by molar-refractivity contribution is 9.10. The van der Waals surface area contributed by atoms with Crippen LogP contribution in [0.2, 0.25) is 0 Å². The van der Waals surface area contributed by atoms with Crippen LogP contribution in [-0.2, 0) is 13.2 Å². The lowest BCUT2D eigenvalue weighted by Gasteiger charge is -2.08. The molecule has 1 aromatic heterocycles. The first kappa shape index (κ1) is 15.9. The Balaban J connectivity index is 1.90. The van der Waals surface area contributed by atoms with Crippen LogP contribution in [-0.4, -0.2) is 11.5 Å². The van der Waals surface area contributed by atoms with Crippen LogP contribution in [0.15, 0.2) is 41.0 Å². The lowest BCUT2D eigenvalue weighted by atomic mass is 10.2. The Labute approximate surface area is 132 Å². The van der Waals surface area contributed by atoms with Gasteiger partial charge in [-0.3, -0.25) is 4.98 Å². The fourth-order valence-corrected chi connectivity index (χ4v) is 2.13. The molecule has 0 amide bonds. The highest BCUT2D eigenvalue weighted by Gasteiger charge is 2.05. The first-order chi connectivity index (χ1) is 10.2. The molecule has 112 valence electrons. The van der Waals surface area contributed by atoms with Crippen LogP contribution in [0.5, 0.6) is 5.75 Å². The number of hydrogen-bond acceptors (Lipinski definition) is 3. The second-order valence-electron chi connectivity index (χ2n) is 4.70. The first-order valence-corrected chi connectivity index (χ1v) is 7.70. The third-order valence-corrected chi connectivity index (χ3v) is 3.40. The summed E-state index contributed by atoms with van der Waals surface area (Å²) in [6.07, 6.45) is 2.93. The van der Waals surface area contributed by atoms with Crippen molar-refractivity contribution < 1.29 is 9.13 Å². The van der Waals surface area contributed by atoms with Crippen LogP contribution in [0.25, 0.3) is 0 Å². The number of nitrogens with one attached hydrogen (secondary N) is 1. The van der Waals surface area contributed by atoms with Gasteiger partial charge in [-0.1, -0.05) is 28.9 Å². The number of benzene rings is 1. The van der Waals surface area contributed by atoms with Gasteiger partial charge in [0, 0.05) is 17.2 Å². The summed E-state index contributed by atoms with van der Waals surface area (Å²) in [5.41, 5.74) is 1.90. The molecular formula is C16H18BrFN2O. The largest absolute Gasteiger partial charge is 0.484 e. The van der Waals surface area contributed by atoms with E-state index in [0.29, 0.717) is 0 Å². The molecular weight excluding hydrogens is 335 g/mol. The first-order valence-electron chi connectivity index (χ1n) is 6.91. The van der Waals surface area contributed by atoms with Gasteiger partial charge in [0.25, 0.3) is 0 Å². The summed E-state index contributed by atoms with van der Waals surface area (Å²) in [5.74, 6) is -0.154. The number of ether oxygens (including phenoxy) is 1. The van der Waals surface area contributed by atoms with E-state index in [1.165, 1.54) is 6.07 Å². The molecule has 0 bridgehead atoms. The predicted molar refractivity (Wildman–Crippen MR) is 84.7 cm³/mol. The van der Waals surface area contributed by atoms with Crippen molar-refractivity contribution in [1.82, 2.24) is 10.3 Å². The number of nitrogens with zero attached hydrogens (tertiary/aromatic N) is 1. The van der Waals surface area contributed by atoms with E-state index in [1.807, 2.05) is 18.3 Å². The molecule has 3 nitrogen and oxygen atoms in total. The van der Waals surface area contributed by atoms with Gasteiger partial charge in [-0.25, -0.2) is 4.39 Å². The van der Waals surface area contributed by atoms with Crippen molar-refractivity contribution in [3.8, 4) is 5.75 Å². The number of hydrogen-bond donors (Lipinski definition) is 1. The zero-order chi connectivity index (χ0) is 15.1. The van der Waals surface area contributed by atoms with Gasteiger partial charge in [0.05, 0.1) is 5.69 Å². The summed E-state index contributed by atoms with van der Waals surface area (Å²) in [6.45, 7) is 4.18. The normalized spacial score (nSPS) is 10.6. The van der Waals surface area contributed by atoms with Gasteiger partial charge < -0.3 is 10.1 Å². The molecule has 1 aromatic carbocycles. The topological polar surface area (TPSA) is 34.1 Å². The van der Waals surface area contributed by atoms with Gasteiger partial charge in [-0.15, -0.1) is 0 Å². The Morgan fingerprint density at radius 1 is 1.29 bits per heavy atom. The molecule has 0 saturated heterocycles. The van der Waals surface area contributed by atoms with Crippen molar-refractivity contribution in [2.45, 2.75) is 26.5 Å². The van der Waals surface area contributed by atoms with E-state index < -0.39 is 0 Å². The molecule has 2 aromatic rings. The zero-order valence-electron chi connectivity index (χ0n) is 11.9. The number of aromatic nitrogens is 1. The van der Waals surface area contributed by atoms with E-state index in [0.717, 1.165) is 35.2 Å². The van der Waals surface area contributed by atoms with Crippen molar-refractivity contribution in [1.29, 1.82) is 0 Å². The third kappa shape index (κ3) is 5.10. The predicted octanol–water partition coefficient (Wildman–Crippen LogP) is 4.06. The summed E-state index contributed by atoms with van der Waals surface area (Å²) in [7, 11) is 0. The molecule has 0 atom stereocenters. The van der Waals surface area contributed by atoms with Crippen LogP contribution in [0.1, 0.15) is 24.6 Å². The van der Waals surface area contributed by atoms with Crippen molar-refractivity contribution in [2.75, 3.05) is 6.54 Å². The summed E-state index contributed by atoms with van der Waals surface area (Å²) in [5, 5.41) is 3.32. The molecule has 0 spiro atoms. The fourth-order valence-electron chi connectivity index (χ4n) is 1.79.